The Labute approximate surface area is 233 Å². The first-order valence-electron chi connectivity index (χ1n) is 12.3. The lowest BCUT2D eigenvalue weighted by atomic mass is 10.1. The van der Waals surface area contributed by atoms with Crippen molar-refractivity contribution in [1.29, 1.82) is 0 Å². The Kier molecular flexibility index (Phi) is 7.92. The fourth-order valence-corrected chi connectivity index (χ4v) is 5.47. The van der Waals surface area contributed by atoms with E-state index in [9.17, 15) is 9.18 Å². The molecule has 0 radical (unpaired) electrons. The van der Waals surface area contributed by atoms with Gasteiger partial charge in [0.2, 0.25) is 0 Å². The highest BCUT2D eigenvalue weighted by Gasteiger charge is 2.31. The number of carbonyl (C=O) groups is 1. The number of nitrogens with zero attached hydrogens (tertiary/aromatic N) is 6. The zero-order valence-corrected chi connectivity index (χ0v) is 23.4. The number of halogens is 3. The minimum Gasteiger partial charge on any atom is -0.377 e. The van der Waals surface area contributed by atoms with Crippen LogP contribution >= 0.6 is 27.5 Å². The molecule has 2 atom stereocenters. The smallest absolute Gasteiger partial charge is 0.257 e. The Morgan fingerprint density at radius 3 is 2.89 bits per heavy atom. The third-order valence-electron chi connectivity index (χ3n) is 6.71. The molecule has 8 nitrogen and oxygen atoms in total. The molecule has 5 rings (SSSR count). The van der Waals surface area contributed by atoms with Gasteiger partial charge in [0.15, 0.2) is 0 Å². The van der Waals surface area contributed by atoms with Gasteiger partial charge in [-0.2, -0.15) is 5.10 Å². The Morgan fingerprint density at radius 1 is 1.26 bits per heavy atom. The van der Waals surface area contributed by atoms with Gasteiger partial charge in [0.25, 0.3) is 5.91 Å². The molecule has 0 spiro atoms. The maximum Gasteiger partial charge on any atom is 0.257 e. The lowest BCUT2D eigenvalue weighted by Gasteiger charge is -2.35. The van der Waals surface area contributed by atoms with E-state index in [1.165, 1.54) is 12.1 Å². The minimum atomic E-state index is -0.388. The van der Waals surface area contributed by atoms with Gasteiger partial charge in [-0.15, -0.1) is 5.10 Å². The van der Waals surface area contributed by atoms with Gasteiger partial charge in [0.05, 0.1) is 48.8 Å². The lowest BCUT2D eigenvalue weighted by Crippen LogP contribution is -2.49. The molecule has 198 valence electrons. The molecular formula is C27H27BrClFN6O2. The van der Waals surface area contributed by atoms with Crippen LogP contribution in [0.4, 0.5) is 4.39 Å². The third kappa shape index (κ3) is 5.82. The fourth-order valence-electron chi connectivity index (χ4n) is 4.70. The molecule has 2 aromatic heterocycles. The number of amides is 1. The maximum absolute atomic E-state index is 13.6. The summed E-state index contributed by atoms with van der Waals surface area (Å²) in [7, 11) is 0. The number of morpholine rings is 1. The van der Waals surface area contributed by atoms with E-state index in [4.69, 9.17) is 16.3 Å². The van der Waals surface area contributed by atoms with Crippen molar-refractivity contribution in [2.45, 2.75) is 38.9 Å². The highest BCUT2D eigenvalue weighted by atomic mass is 79.9. The molecule has 38 heavy (non-hydrogen) atoms. The van der Waals surface area contributed by atoms with Gasteiger partial charge in [0.1, 0.15) is 5.82 Å². The molecule has 0 saturated carbocycles. The average molecular weight is 602 g/mol. The van der Waals surface area contributed by atoms with E-state index in [0.29, 0.717) is 49.0 Å². The molecule has 1 aliphatic rings. The van der Waals surface area contributed by atoms with Crippen LogP contribution in [0, 0.1) is 12.7 Å². The number of rotatable bonds is 7. The van der Waals surface area contributed by atoms with Crippen molar-refractivity contribution in [2.75, 3.05) is 19.8 Å². The van der Waals surface area contributed by atoms with E-state index in [1.807, 2.05) is 55.4 Å². The van der Waals surface area contributed by atoms with E-state index >= 15 is 0 Å². The van der Waals surface area contributed by atoms with Crippen molar-refractivity contribution in [3.63, 3.8) is 0 Å². The van der Waals surface area contributed by atoms with Gasteiger partial charge in [-0.3, -0.25) is 9.48 Å². The molecule has 1 amide bonds. The van der Waals surface area contributed by atoms with Crippen LogP contribution in [-0.4, -0.2) is 61.4 Å². The molecule has 1 aliphatic heterocycles. The number of hydrogen-bond acceptors (Lipinski definition) is 5. The zero-order valence-electron chi connectivity index (χ0n) is 21.0. The standard InChI is InChI=1S/C27H27BrClFN6O2/c1-17-25(15-34(32-17)13-19-4-3-5-20(28)10-19)27(37)35-8-9-38-16-23(35)12-22-14-36(33-31-22)18(2)24-7-6-21(30)11-26(24)29/h3-7,10-11,14-15,18,23H,8-9,12-13,16H2,1-2H3/t18-,23?/m0/s1. The number of hydrogen-bond donors (Lipinski definition) is 0. The van der Waals surface area contributed by atoms with Crippen LogP contribution in [0.15, 0.2) is 59.3 Å². The molecule has 1 saturated heterocycles. The maximum atomic E-state index is 13.6. The number of ether oxygens (including phenoxy) is 1. The van der Waals surface area contributed by atoms with Crippen molar-refractivity contribution < 1.29 is 13.9 Å². The van der Waals surface area contributed by atoms with E-state index in [0.717, 1.165) is 21.3 Å². The molecule has 2 aromatic carbocycles. The van der Waals surface area contributed by atoms with Crippen LogP contribution < -0.4 is 0 Å². The number of carbonyl (C=O) groups excluding carboxylic acids is 1. The monoisotopic (exact) mass is 600 g/mol. The summed E-state index contributed by atoms with van der Waals surface area (Å²) in [5.41, 5.74) is 3.83. The first kappa shape index (κ1) is 26.5. The van der Waals surface area contributed by atoms with Gasteiger partial charge >= 0.3 is 0 Å². The molecule has 0 N–H and O–H groups in total. The molecule has 1 fully saturated rings. The SMILES string of the molecule is Cc1nn(Cc2cccc(Br)c2)cc1C(=O)N1CCOCC1Cc1cn([C@@H](C)c2ccc(F)cc2Cl)nn1. The Bertz CT molecular complexity index is 1460. The predicted molar refractivity (Wildman–Crippen MR) is 145 cm³/mol. The van der Waals surface area contributed by atoms with Crippen molar-refractivity contribution in [3.8, 4) is 0 Å². The van der Waals surface area contributed by atoms with Gasteiger partial charge in [-0.1, -0.05) is 50.9 Å². The van der Waals surface area contributed by atoms with Crippen molar-refractivity contribution in [3.05, 3.63) is 98.2 Å². The summed E-state index contributed by atoms with van der Waals surface area (Å²) in [4.78, 5) is 15.5. The number of benzene rings is 2. The number of aromatic nitrogens is 5. The number of aryl methyl sites for hydroxylation is 1. The van der Waals surface area contributed by atoms with Gasteiger partial charge in [0, 0.05) is 34.9 Å². The van der Waals surface area contributed by atoms with E-state index in [2.05, 4.69) is 31.3 Å². The largest absolute Gasteiger partial charge is 0.377 e. The highest BCUT2D eigenvalue weighted by molar-refractivity contribution is 9.10. The first-order chi connectivity index (χ1) is 18.3. The van der Waals surface area contributed by atoms with Gasteiger partial charge in [-0.25, -0.2) is 9.07 Å². The second-order valence-electron chi connectivity index (χ2n) is 9.42. The van der Waals surface area contributed by atoms with Crippen LogP contribution in [0.25, 0.3) is 0 Å². The topological polar surface area (TPSA) is 78.1 Å². The molecule has 11 heteroatoms. The third-order valence-corrected chi connectivity index (χ3v) is 7.53. The molecule has 3 heterocycles. The normalized spacial score (nSPS) is 16.6. The van der Waals surface area contributed by atoms with Crippen molar-refractivity contribution in [2.24, 2.45) is 0 Å². The molecule has 4 aromatic rings. The van der Waals surface area contributed by atoms with Gasteiger partial charge in [-0.05, 0) is 49.2 Å². The van der Waals surface area contributed by atoms with Crippen molar-refractivity contribution >= 4 is 33.4 Å². The Hall–Kier alpha value is -3.08. The summed E-state index contributed by atoms with van der Waals surface area (Å²) in [6.07, 6.45) is 4.14. The minimum absolute atomic E-state index is 0.0739. The van der Waals surface area contributed by atoms with Crippen LogP contribution in [0.2, 0.25) is 5.02 Å². The summed E-state index contributed by atoms with van der Waals surface area (Å²) in [5, 5.41) is 13.5. The van der Waals surface area contributed by atoms with Crippen LogP contribution in [0.5, 0.6) is 0 Å². The first-order valence-corrected chi connectivity index (χ1v) is 13.5. The molecule has 0 aliphatic carbocycles. The zero-order chi connectivity index (χ0) is 26.8. The van der Waals surface area contributed by atoms with Crippen LogP contribution in [-0.2, 0) is 17.7 Å². The Morgan fingerprint density at radius 2 is 2.11 bits per heavy atom. The quantitative estimate of drug-likeness (QED) is 0.295. The second-order valence-corrected chi connectivity index (χ2v) is 10.7. The van der Waals surface area contributed by atoms with Gasteiger partial charge < -0.3 is 9.64 Å². The fraction of sp³-hybridized carbons (Fsp3) is 0.333. The average Bonchev–Trinajstić information content (AvgIpc) is 3.50. The highest BCUT2D eigenvalue weighted by Crippen LogP contribution is 2.26. The van der Waals surface area contributed by atoms with E-state index in [-0.39, 0.29) is 23.8 Å². The Balaban J connectivity index is 1.30. The van der Waals surface area contributed by atoms with E-state index in [1.54, 1.807) is 15.4 Å². The lowest BCUT2D eigenvalue weighted by molar-refractivity contribution is -0.00193. The predicted octanol–water partition coefficient (Wildman–Crippen LogP) is 5.08. The summed E-state index contributed by atoms with van der Waals surface area (Å²) < 4.78 is 23.7. The van der Waals surface area contributed by atoms with Crippen molar-refractivity contribution in [1.82, 2.24) is 29.7 Å². The molecular weight excluding hydrogens is 575 g/mol. The molecule has 1 unspecified atom stereocenters. The summed E-state index contributed by atoms with van der Waals surface area (Å²) >= 11 is 9.74. The van der Waals surface area contributed by atoms with Crippen LogP contribution in [0.3, 0.4) is 0 Å². The summed E-state index contributed by atoms with van der Waals surface area (Å²) in [5.74, 6) is -0.462. The second kappa shape index (κ2) is 11.3. The summed E-state index contributed by atoms with van der Waals surface area (Å²) in [6, 6.07) is 11.9. The summed E-state index contributed by atoms with van der Waals surface area (Å²) in [6.45, 7) is 5.71. The van der Waals surface area contributed by atoms with E-state index < -0.39 is 0 Å². The van der Waals surface area contributed by atoms with Crippen LogP contribution in [0.1, 0.15) is 45.8 Å². The molecule has 0 bridgehead atoms.